The van der Waals surface area contributed by atoms with E-state index >= 15 is 0 Å². The number of hydrogen-bond acceptors (Lipinski definition) is 2. The first-order valence-electron chi connectivity index (χ1n) is 6.97. The van der Waals surface area contributed by atoms with Crippen LogP contribution in [-0.2, 0) is 6.42 Å². The zero-order chi connectivity index (χ0) is 14.1. The number of fused-ring (bicyclic) bond motifs is 1. The van der Waals surface area contributed by atoms with Gasteiger partial charge in [0.05, 0.1) is 0 Å². The number of benzene rings is 1. The Hall–Kier alpha value is -2.34. The molecule has 0 fully saturated rings. The Morgan fingerprint density at radius 2 is 2.05 bits per heavy atom. The van der Waals surface area contributed by atoms with Crippen molar-refractivity contribution in [1.82, 2.24) is 4.98 Å². The second kappa shape index (κ2) is 4.97. The summed E-state index contributed by atoms with van der Waals surface area (Å²) in [6, 6.07) is 11.8. The summed E-state index contributed by atoms with van der Waals surface area (Å²) in [6.07, 6.45) is 3.11. The van der Waals surface area contributed by atoms with E-state index in [0.717, 1.165) is 41.6 Å². The van der Waals surface area contributed by atoms with Gasteiger partial charge in [-0.05, 0) is 36.3 Å². The van der Waals surface area contributed by atoms with Gasteiger partial charge in [-0.2, -0.15) is 5.26 Å². The highest BCUT2D eigenvalue weighted by atomic mass is 16.1. The van der Waals surface area contributed by atoms with Crippen molar-refractivity contribution in [3.8, 4) is 17.2 Å². The summed E-state index contributed by atoms with van der Waals surface area (Å²) >= 11 is 0. The van der Waals surface area contributed by atoms with Gasteiger partial charge in [0.15, 0.2) is 0 Å². The van der Waals surface area contributed by atoms with Gasteiger partial charge in [-0.15, -0.1) is 0 Å². The Morgan fingerprint density at radius 1 is 1.30 bits per heavy atom. The molecule has 1 aromatic carbocycles. The Morgan fingerprint density at radius 3 is 2.75 bits per heavy atom. The van der Waals surface area contributed by atoms with E-state index in [1.807, 2.05) is 30.3 Å². The fourth-order valence-electron chi connectivity index (χ4n) is 3.10. The molecule has 0 bridgehead atoms. The van der Waals surface area contributed by atoms with Crippen LogP contribution in [0.25, 0.3) is 11.1 Å². The molecule has 0 saturated heterocycles. The molecule has 3 nitrogen and oxygen atoms in total. The first-order valence-corrected chi connectivity index (χ1v) is 6.97. The van der Waals surface area contributed by atoms with Gasteiger partial charge in [-0.3, -0.25) is 4.79 Å². The van der Waals surface area contributed by atoms with E-state index in [1.165, 1.54) is 0 Å². The Bertz CT molecular complexity index is 738. The molecule has 0 spiro atoms. The van der Waals surface area contributed by atoms with Crippen LogP contribution < -0.4 is 5.56 Å². The van der Waals surface area contributed by atoms with Crippen LogP contribution in [0, 0.1) is 11.3 Å². The molecule has 1 aliphatic carbocycles. The van der Waals surface area contributed by atoms with Gasteiger partial charge >= 0.3 is 0 Å². The van der Waals surface area contributed by atoms with Gasteiger partial charge < -0.3 is 4.98 Å². The predicted octanol–water partition coefficient (Wildman–Crippen LogP) is 3.35. The summed E-state index contributed by atoms with van der Waals surface area (Å²) in [5, 5.41) is 9.36. The number of rotatable bonds is 1. The lowest BCUT2D eigenvalue weighted by Crippen LogP contribution is -2.21. The topological polar surface area (TPSA) is 56.6 Å². The number of hydrogen-bond donors (Lipinski definition) is 1. The highest BCUT2D eigenvalue weighted by molar-refractivity contribution is 5.74. The predicted molar refractivity (Wildman–Crippen MR) is 78.6 cm³/mol. The number of pyridine rings is 1. The Labute approximate surface area is 117 Å². The molecule has 0 aliphatic heterocycles. The summed E-state index contributed by atoms with van der Waals surface area (Å²) in [7, 11) is 0. The van der Waals surface area contributed by atoms with Crippen LogP contribution in [0.5, 0.6) is 0 Å². The first-order chi connectivity index (χ1) is 9.72. The molecule has 100 valence electrons. The third-order valence-corrected chi connectivity index (χ3v) is 4.08. The molecule has 3 rings (SSSR count). The monoisotopic (exact) mass is 264 g/mol. The molecule has 0 radical (unpaired) electrons. The van der Waals surface area contributed by atoms with Gasteiger partial charge in [0.25, 0.3) is 5.56 Å². The van der Waals surface area contributed by atoms with Crippen LogP contribution in [0.15, 0.2) is 35.1 Å². The van der Waals surface area contributed by atoms with Crippen LogP contribution in [0.1, 0.15) is 42.5 Å². The van der Waals surface area contributed by atoms with Crippen LogP contribution >= 0.6 is 0 Å². The number of nitrogens with one attached hydrogen (secondary N) is 1. The molecule has 1 aromatic heterocycles. The normalized spacial score (nSPS) is 17.3. The standard InChI is InChI=1S/C17H16N2O/c1-11-6-5-9-13-15(12-7-3-2-4-8-12)14(10-18)17(20)19-16(11)13/h2-4,7-8,11H,5-6,9H2,1H3,(H,19,20). The molecule has 1 unspecified atom stereocenters. The lowest BCUT2D eigenvalue weighted by atomic mass is 9.82. The number of aromatic nitrogens is 1. The summed E-state index contributed by atoms with van der Waals surface area (Å²) in [5.74, 6) is 0.349. The van der Waals surface area contributed by atoms with Crippen LogP contribution in [0.4, 0.5) is 0 Å². The zero-order valence-corrected chi connectivity index (χ0v) is 11.4. The highest BCUT2D eigenvalue weighted by Gasteiger charge is 2.24. The van der Waals surface area contributed by atoms with Gasteiger partial charge in [0.1, 0.15) is 11.6 Å². The lowest BCUT2D eigenvalue weighted by molar-refractivity contribution is 0.572. The Kier molecular flexibility index (Phi) is 3.15. The molecule has 1 aliphatic rings. The van der Waals surface area contributed by atoms with Crippen molar-refractivity contribution in [3.63, 3.8) is 0 Å². The molecule has 2 aromatic rings. The van der Waals surface area contributed by atoms with E-state index in [4.69, 9.17) is 0 Å². The second-order valence-electron chi connectivity index (χ2n) is 5.37. The number of nitrogens with zero attached hydrogens (tertiary/aromatic N) is 1. The summed E-state index contributed by atoms with van der Waals surface area (Å²) in [4.78, 5) is 15.1. The van der Waals surface area contributed by atoms with Crippen molar-refractivity contribution in [3.05, 3.63) is 57.5 Å². The third kappa shape index (κ3) is 1.94. The quantitative estimate of drug-likeness (QED) is 0.858. The molecular formula is C17H16N2O. The molecule has 20 heavy (non-hydrogen) atoms. The van der Waals surface area contributed by atoms with E-state index < -0.39 is 0 Å². The average molecular weight is 264 g/mol. The van der Waals surface area contributed by atoms with Gasteiger partial charge in [0.2, 0.25) is 0 Å². The van der Waals surface area contributed by atoms with Crippen molar-refractivity contribution < 1.29 is 0 Å². The maximum absolute atomic E-state index is 12.2. The van der Waals surface area contributed by atoms with Gasteiger partial charge in [-0.25, -0.2) is 0 Å². The van der Waals surface area contributed by atoms with Gasteiger partial charge in [0, 0.05) is 11.3 Å². The van der Waals surface area contributed by atoms with Crippen LogP contribution in [0.3, 0.4) is 0 Å². The zero-order valence-electron chi connectivity index (χ0n) is 11.4. The van der Waals surface area contributed by atoms with Gasteiger partial charge in [-0.1, -0.05) is 37.3 Å². The molecular weight excluding hydrogens is 248 g/mol. The Balaban J connectivity index is 2.37. The SMILES string of the molecule is CC1CCCc2c1[nH]c(=O)c(C#N)c2-c1ccccc1. The third-order valence-electron chi connectivity index (χ3n) is 4.08. The maximum Gasteiger partial charge on any atom is 0.266 e. The summed E-state index contributed by atoms with van der Waals surface area (Å²) in [6.45, 7) is 2.13. The first kappa shape index (κ1) is 12.7. The molecule has 1 atom stereocenters. The summed E-state index contributed by atoms with van der Waals surface area (Å²) in [5.41, 5.74) is 3.92. The van der Waals surface area contributed by atoms with E-state index in [2.05, 4.69) is 18.0 Å². The van der Waals surface area contributed by atoms with E-state index in [0.29, 0.717) is 5.92 Å². The minimum absolute atomic E-state index is 0.240. The fraction of sp³-hybridized carbons (Fsp3) is 0.294. The van der Waals surface area contributed by atoms with Crippen molar-refractivity contribution in [2.45, 2.75) is 32.1 Å². The average Bonchev–Trinajstić information content (AvgIpc) is 2.48. The van der Waals surface area contributed by atoms with E-state index in [1.54, 1.807) is 0 Å². The second-order valence-corrected chi connectivity index (χ2v) is 5.37. The molecule has 1 heterocycles. The molecule has 0 saturated carbocycles. The smallest absolute Gasteiger partial charge is 0.266 e. The van der Waals surface area contributed by atoms with E-state index in [9.17, 15) is 10.1 Å². The number of H-pyrrole nitrogens is 1. The van der Waals surface area contributed by atoms with Crippen molar-refractivity contribution in [1.29, 1.82) is 5.26 Å². The number of nitriles is 1. The van der Waals surface area contributed by atoms with Crippen LogP contribution in [0.2, 0.25) is 0 Å². The minimum Gasteiger partial charge on any atom is -0.324 e. The fourth-order valence-corrected chi connectivity index (χ4v) is 3.10. The maximum atomic E-state index is 12.2. The van der Waals surface area contributed by atoms with Crippen LogP contribution in [-0.4, -0.2) is 4.98 Å². The summed E-state index contributed by atoms with van der Waals surface area (Å²) < 4.78 is 0. The largest absolute Gasteiger partial charge is 0.324 e. The van der Waals surface area contributed by atoms with Crippen molar-refractivity contribution in [2.24, 2.45) is 0 Å². The molecule has 0 amide bonds. The number of aromatic amines is 1. The van der Waals surface area contributed by atoms with Crippen molar-refractivity contribution >= 4 is 0 Å². The molecule has 3 heteroatoms. The van der Waals surface area contributed by atoms with Crippen molar-refractivity contribution in [2.75, 3.05) is 0 Å². The molecule has 1 N–H and O–H groups in total. The highest BCUT2D eigenvalue weighted by Crippen LogP contribution is 2.36. The lowest BCUT2D eigenvalue weighted by Gasteiger charge is -2.25. The minimum atomic E-state index is -0.265. The van der Waals surface area contributed by atoms with E-state index in [-0.39, 0.29) is 11.1 Å².